The fourth-order valence-electron chi connectivity index (χ4n) is 3.76. The van der Waals surface area contributed by atoms with Crippen LogP contribution < -0.4 is 10.0 Å². The van der Waals surface area contributed by atoms with Crippen molar-refractivity contribution in [2.24, 2.45) is 10.1 Å². The van der Waals surface area contributed by atoms with Crippen molar-refractivity contribution in [2.45, 2.75) is 24.0 Å². The molecule has 0 aliphatic carbocycles. The highest BCUT2D eigenvalue weighted by atomic mass is 32.2. The van der Waals surface area contributed by atoms with Gasteiger partial charge in [0.1, 0.15) is 0 Å². The van der Waals surface area contributed by atoms with E-state index in [1.165, 1.54) is 23.1 Å². The molecule has 4 rings (SSSR count). The number of fused-ring (bicyclic) bond motifs is 3. The molecule has 0 aromatic heterocycles. The van der Waals surface area contributed by atoms with Gasteiger partial charge < -0.3 is 9.80 Å². The third-order valence-corrected chi connectivity index (χ3v) is 6.05. The van der Waals surface area contributed by atoms with Crippen molar-refractivity contribution in [3.63, 3.8) is 0 Å². The molecule has 0 radical (unpaired) electrons. The van der Waals surface area contributed by atoms with Crippen LogP contribution in [0.1, 0.15) is 6.92 Å². The minimum atomic E-state index is -3.80. The van der Waals surface area contributed by atoms with Gasteiger partial charge in [0.25, 0.3) is 5.91 Å². The summed E-state index contributed by atoms with van der Waals surface area (Å²) in [6.45, 7) is 5.59. The quantitative estimate of drug-likeness (QED) is 0.712. The number of carbonyl (C=O) groups excluding carboxylic acids is 2. The smallest absolute Gasteiger partial charge is 0.302 e. The number of sulfonamides is 1. The van der Waals surface area contributed by atoms with Crippen molar-refractivity contribution in [1.82, 2.24) is 14.7 Å². The minimum Gasteiger partial charge on any atom is -0.302 e. The number of urea groups is 1. The van der Waals surface area contributed by atoms with Gasteiger partial charge in [-0.3, -0.25) is 14.6 Å². The second-order valence-electron chi connectivity index (χ2n) is 6.97. The predicted octanol–water partition coefficient (Wildman–Crippen LogP) is 0.462. The minimum absolute atomic E-state index is 0.00143. The Kier molecular flexibility index (Phi) is 4.24. The molecule has 3 aliphatic rings. The van der Waals surface area contributed by atoms with E-state index in [2.05, 4.69) is 11.6 Å². The summed E-state index contributed by atoms with van der Waals surface area (Å²) in [5.74, 6) is 0.154. The SMILES string of the molecule is C=CCN1C(=O)C2C(N=C3N(c4ccc(S(N)(=O)=O)cc4)C(C)=CN32)N(C)C1=O. The summed E-state index contributed by atoms with van der Waals surface area (Å²) in [6, 6.07) is 4.96. The van der Waals surface area contributed by atoms with Crippen molar-refractivity contribution in [1.29, 1.82) is 0 Å². The van der Waals surface area contributed by atoms with Crippen LogP contribution in [0.25, 0.3) is 0 Å². The van der Waals surface area contributed by atoms with Gasteiger partial charge in [0.15, 0.2) is 12.2 Å². The lowest BCUT2D eigenvalue weighted by molar-refractivity contribution is -0.136. The molecule has 0 spiro atoms. The Bertz CT molecular complexity index is 1080. The fourth-order valence-corrected chi connectivity index (χ4v) is 4.27. The number of anilines is 1. The number of benzene rings is 1. The van der Waals surface area contributed by atoms with Crippen molar-refractivity contribution in [2.75, 3.05) is 18.5 Å². The lowest BCUT2D eigenvalue weighted by atomic mass is 10.1. The highest BCUT2D eigenvalue weighted by Crippen LogP contribution is 2.36. The lowest BCUT2D eigenvalue weighted by Gasteiger charge is -2.39. The molecule has 3 aliphatic heterocycles. The van der Waals surface area contributed by atoms with E-state index in [1.807, 2.05) is 6.92 Å². The molecule has 3 amide bonds. The van der Waals surface area contributed by atoms with Gasteiger partial charge >= 0.3 is 6.03 Å². The van der Waals surface area contributed by atoms with E-state index < -0.39 is 28.3 Å². The molecule has 3 heterocycles. The first kappa shape index (κ1) is 19.2. The van der Waals surface area contributed by atoms with Gasteiger partial charge in [0.2, 0.25) is 16.0 Å². The Morgan fingerprint density at radius 1 is 1.24 bits per heavy atom. The monoisotopic (exact) mass is 416 g/mol. The van der Waals surface area contributed by atoms with E-state index in [1.54, 1.807) is 35.2 Å². The number of carbonyl (C=O) groups is 2. The summed E-state index contributed by atoms with van der Waals surface area (Å²) in [6.07, 6.45) is 2.65. The number of nitrogens with zero attached hydrogens (tertiary/aromatic N) is 5. The second kappa shape index (κ2) is 6.42. The third kappa shape index (κ3) is 2.81. The first-order chi connectivity index (χ1) is 13.6. The molecule has 1 aromatic rings. The maximum absolute atomic E-state index is 13.0. The normalized spacial score (nSPS) is 23.8. The zero-order valence-corrected chi connectivity index (χ0v) is 16.7. The van der Waals surface area contributed by atoms with Crippen LogP contribution in [0, 0.1) is 0 Å². The Morgan fingerprint density at radius 3 is 2.48 bits per heavy atom. The van der Waals surface area contributed by atoms with Gasteiger partial charge in [-0.2, -0.15) is 0 Å². The number of imide groups is 1. The average molecular weight is 416 g/mol. The summed E-state index contributed by atoms with van der Waals surface area (Å²) in [4.78, 5) is 36.3. The predicted molar refractivity (Wildman–Crippen MR) is 106 cm³/mol. The summed E-state index contributed by atoms with van der Waals surface area (Å²) < 4.78 is 23.0. The largest absolute Gasteiger partial charge is 0.328 e. The van der Waals surface area contributed by atoms with Gasteiger partial charge in [-0.25, -0.2) is 23.3 Å². The first-order valence-corrected chi connectivity index (χ1v) is 10.4. The number of aliphatic imine (C=N–C) groups is 1. The van der Waals surface area contributed by atoms with E-state index in [9.17, 15) is 18.0 Å². The molecule has 1 aromatic carbocycles. The van der Waals surface area contributed by atoms with Crippen LogP contribution in [-0.4, -0.2) is 66.8 Å². The third-order valence-electron chi connectivity index (χ3n) is 5.12. The van der Waals surface area contributed by atoms with Crippen LogP contribution in [-0.2, 0) is 14.8 Å². The molecule has 2 unspecified atom stereocenters. The first-order valence-electron chi connectivity index (χ1n) is 8.82. The molecule has 1 saturated heterocycles. The Balaban J connectivity index is 1.71. The maximum atomic E-state index is 13.0. The molecule has 29 heavy (non-hydrogen) atoms. The average Bonchev–Trinajstić information content (AvgIpc) is 3.17. The highest BCUT2D eigenvalue weighted by Gasteiger charge is 2.54. The van der Waals surface area contributed by atoms with Gasteiger partial charge in [0, 0.05) is 31.2 Å². The van der Waals surface area contributed by atoms with Crippen molar-refractivity contribution >= 4 is 33.6 Å². The molecular weight excluding hydrogens is 396 g/mol. The number of hydrogen-bond donors (Lipinski definition) is 1. The molecule has 11 heteroatoms. The van der Waals surface area contributed by atoms with Gasteiger partial charge in [-0.1, -0.05) is 6.08 Å². The number of amides is 3. The Hall–Kier alpha value is -3.18. The van der Waals surface area contributed by atoms with Gasteiger partial charge in [-0.05, 0) is 31.2 Å². The van der Waals surface area contributed by atoms with E-state index in [-0.39, 0.29) is 17.3 Å². The summed E-state index contributed by atoms with van der Waals surface area (Å²) in [7, 11) is -2.19. The van der Waals surface area contributed by atoms with Crippen LogP contribution in [0.5, 0.6) is 0 Å². The lowest BCUT2D eigenvalue weighted by Crippen LogP contribution is -2.64. The molecule has 2 N–H and O–H groups in total. The molecule has 152 valence electrons. The Morgan fingerprint density at radius 2 is 1.90 bits per heavy atom. The van der Waals surface area contributed by atoms with Crippen LogP contribution >= 0.6 is 0 Å². The number of rotatable bonds is 4. The van der Waals surface area contributed by atoms with E-state index >= 15 is 0 Å². The van der Waals surface area contributed by atoms with Crippen molar-refractivity contribution in [3.05, 3.63) is 48.8 Å². The summed E-state index contributed by atoms with van der Waals surface area (Å²) in [5, 5.41) is 5.16. The molecule has 2 atom stereocenters. The zero-order chi connectivity index (χ0) is 21.1. The topological polar surface area (TPSA) is 120 Å². The Labute approximate surface area is 168 Å². The van der Waals surface area contributed by atoms with Crippen LogP contribution in [0.15, 0.2) is 58.7 Å². The number of primary sulfonamides is 1. The highest BCUT2D eigenvalue weighted by molar-refractivity contribution is 7.89. The maximum Gasteiger partial charge on any atom is 0.328 e. The molecule has 10 nitrogen and oxygen atoms in total. The second-order valence-corrected chi connectivity index (χ2v) is 8.53. The van der Waals surface area contributed by atoms with Crippen LogP contribution in [0.4, 0.5) is 10.5 Å². The standard InChI is InChI=1S/C18H20N6O4S/c1-4-9-22-16(25)14-15(21(3)18(22)26)20-17-23(14)10-11(2)24(17)12-5-7-13(8-6-12)29(19,27)28/h4-8,10,14-15H,1,9H2,2-3H3,(H2,19,27,28). The fraction of sp³-hybridized carbons (Fsp3) is 0.278. The molecular formula is C18H20N6O4S. The molecule has 0 saturated carbocycles. The van der Waals surface area contributed by atoms with Crippen molar-refractivity contribution < 1.29 is 18.0 Å². The number of hydrogen-bond acceptors (Lipinski definition) is 7. The van der Waals surface area contributed by atoms with E-state index in [0.717, 1.165) is 10.6 Å². The summed E-state index contributed by atoms with van der Waals surface area (Å²) >= 11 is 0. The van der Waals surface area contributed by atoms with E-state index in [4.69, 9.17) is 5.14 Å². The van der Waals surface area contributed by atoms with Crippen LogP contribution in [0.2, 0.25) is 0 Å². The van der Waals surface area contributed by atoms with Gasteiger partial charge in [-0.15, -0.1) is 6.58 Å². The van der Waals surface area contributed by atoms with Crippen LogP contribution in [0.3, 0.4) is 0 Å². The van der Waals surface area contributed by atoms with Gasteiger partial charge in [0.05, 0.1) is 4.90 Å². The summed E-state index contributed by atoms with van der Waals surface area (Å²) in [5.41, 5.74) is 1.46. The zero-order valence-electron chi connectivity index (χ0n) is 15.9. The van der Waals surface area contributed by atoms with Crippen molar-refractivity contribution in [3.8, 4) is 0 Å². The molecule has 0 bridgehead atoms. The van der Waals surface area contributed by atoms with E-state index in [0.29, 0.717) is 11.6 Å². The number of allylic oxidation sites excluding steroid dienone is 1. The number of guanidine groups is 1. The number of likely N-dealkylation sites (N-methyl/N-ethyl adjacent to an activating group) is 1. The number of nitrogens with two attached hydrogens (primary N) is 1. The molecule has 1 fully saturated rings.